The molecule has 3 nitrogen and oxygen atoms in total. The van der Waals surface area contributed by atoms with Crippen LogP contribution in [0.3, 0.4) is 0 Å². The number of nitrogens with two attached hydrogens (primary N) is 1. The van der Waals surface area contributed by atoms with Gasteiger partial charge in [0.05, 0.1) is 5.69 Å². The summed E-state index contributed by atoms with van der Waals surface area (Å²) in [6.07, 6.45) is 2.51. The molecule has 0 spiro atoms. The Morgan fingerprint density at radius 1 is 1.53 bits per heavy atom. The highest BCUT2D eigenvalue weighted by Crippen LogP contribution is 2.23. The molecule has 0 saturated carbocycles. The fourth-order valence-electron chi connectivity index (χ4n) is 1.73. The van der Waals surface area contributed by atoms with Crippen molar-refractivity contribution in [2.75, 3.05) is 22.6 Å². The van der Waals surface area contributed by atoms with Crippen LogP contribution in [-0.2, 0) is 0 Å². The predicted octanol–water partition coefficient (Wildman–Crippen LogP) is 2.28. The van der Waals surface area contributed by atoms with Crippen LogP contribution >= 0.6 is 11.8 Å². The molecule has 4 heteroatoms. The van der Waals surface area contributed by atoms with Crippen LogP contribution in [0.15, 0.2) is 12.1 Å². The Morgan fingerprint density at radius 3 is 3.13 bits per heavy atom. The first-order valence-corrected chi connectivity index (χ1v) is 6.48. The minimum absolute atomic E-state index is 0.528. The average molecular weight is 223 g/mol. The van der Waals surface area contributed by atoms with Gasteiger partial charge in [0.2, 0.25) is 0 Å². The lowest BCUT2D eigenvalue weighted by Crippen LogP contribution is -2.26. The van der Waals surface area contributed by atoms with Gasteiger partial charge in [-0.3, -0.25) is 0 Å². The van der Waals surface area contributed by atoms with Gasteiger partial charge in [-0.05, 0) is 37.7 Å². The summed E-state index contributed by atoms with van der Waals surface area (Å²) in [6, 6.07) is 4.39. The Balaban J connectivity index is 2.05. The number of pyridine rings is 1. The molecule has 1 fully saturated rings. The smallest absolute Gasteiger partial charge is 0.149 e. The predicted molar refractivity (Wildman–Crippen MR) is 67.4 cm³/mol. The number of hydrogen-bond acceptors (Lipinski definition) is 4. The summed E-state index contributed by atoms with van der Waals surface area (Å²) in [6.45, 7) is 1.99. The van der Waals surface area contributed by atoms with E-state index in [1.54, 1.807) is 0 Å². The number of nitrogens with zero attached hydrogens (tertiary/aromatic N) is 1. The minimum Gasteiger partial charge on any atom is -0.396 e. The number of nitrogen functional groups attached to an aromatic ring is 1. The van der Waals surface area contributed by atoms with Crippen molar-refractivity contribution in [1.82, 2.24) is 4.98 Å². The third-order valence-electron chi connectivity index (χ3n) is 2.57. The fraction of sp³-hybridized carbons (Fsp3) is 0.545. The zero-order valence-corrected chi connectivity index (χ0v) is 9.81. The van der Waals surface area contributed by atoms with Crippen LogP contribution in [0.1, 0.15) is 18.5 Å². The monoisotopic (exact) mass is 223 g/mol. The van der Waals surface area contributed by atoms with Crippen LogP contribution in [0.25, 0.3) is 0 Å². The van der Waals surface area contributed by atoms with E-state index >= 15 is 0 Å². The zero-order valence-electron chi connectivity index (χ0n) is 8.99. The van der Waals surface area contributed by atoms with Crippen LogP contribution in [-0.4, -0.2) is 22.5 Å². The highest BCUT2D eigenvalue weighted by atomic mass is 32.2. The SMILES string of the molecule is Cc1ccc(N)c(NC2CCCSC2)n1. The normalized spacial score (nSPS) is 21.3. The maximum Gasteiger partial charge on any atom is 0.149 e. The van der Waals surface area contributed by atoms with Gasteiger partial charge in [0.15, 0.2) is 0 Å². The summed E-state index contributed by atoms with van der Waals surface area (Å²) >= 11 is 2.00. The Morgan fingerprint density at radius 2 is 2.40 bits per heavy atom. The van der Waals surface area contributed by atoms with E-state index in [9.17, 15) is 0 Å². The van der Waals surface area contributed by atoms with Crippen molar-refractivity contribution in [3.05, 3.63) is 17.8 Å². The second-order valence-corrected chi connectivity index (χ2v) is 5.10. The average Bonchev–Trinajstić information content (AvgIpc) is 2.25. The molecule has 0 bridgehead atoms. The van der Waals surface area contributed by atoms with Gasteiger partial charge in [0.25, 0.3) is 0 Å². The van der Waals surface area contributed by atoms with Gasteiger partial charge >= 0.3 is 0 Å². The number of hydrogen-bond donors (Lipinski definition) is 2. The molecule has 3 N–H and O–H groups in total. The molecule has 0 amide bonds. The molecule has 1 unspecified atom stereocenters. The summed E-state index contributed by atoms with van der Waals surface area (Å²) < 4.78 is 0. The second-order valence-electron chi connectivity index (χ2n) is 3.95. The molecule has 1 aliphatic heterocycles. The highest BCUT2D eigenvalue weighted by molar-refractivity contribution is 7.99. The van der Waals surface area contributed by atoms with E-state index in [0.717, 1.165) is 23.0 Å². The van der Waals surface area contributed by atoms with Crippen LogP contribution in [0.4, 0.5) is 11.5 Å². The van der Waals surface area contributed by atoms with Crippen LogP contribution in [0.2, 0.25) is 0 Å². The molecular formula is C11H17N3S. The number of thioether (sulfide) groups is 1. The Hall–Kier alpha value is -0.900. The Kier molecular flexibility index (Phi) is 3.36. The highest BCUT2D eigenvalue weighted by Gasteiger charge is 2.14. The summed E-state index contributed by atoms with van der Waals surface area (Å²) in [5, 5.41) is 3.43. The molecule has 82 valence electrons. The number of aromatic nitrogens is 1. The van der Waals surface area contributed by atoms with Crippen LogP contribution in [0, 0.1) is 6.92 Å². The fourth-order valence-corrected chi connectivity index (χ4v) is 2.80. The third-order valence-corrected chi connectivity index (χ3v) is 3.78. The molecule has 0 aromatic carbocycles. The maximum absolute atomic E-state index is 5.87. The van der Waals surface area contributed by atoms with Gasteiger partial charge in [-0.15, -0.1) is 0 Å². The standard InChI is InChI=1S/C11H17N3S/c1-8-4-5-10(12)11(13-8)14-9-3-2-6-15-7-9/h4-5,9H,2-3,6-7,12H2,1H3,(H,13,14). The lowest BCUT2D eigenvalue weighted by molar-refractivity contribution is 0.682. The lowest BCUT2D eigenvalue weighted by Gasteiger charge is -2.23. The minimum atomic E-state index is 0.528. The number of nitrogens with one attached hydrogen (secondary N) is 1. The van der Waals surface area contributed by atoms with Crippen LogP contribution in [0.5, 0.6) is 0 Å². The van der Waals surface area contributed by atoms with Gasteiger partial charge in [0.1, 0.15) is 5.82 Å². The third kappa shape index (κ3) is 2.78. The summed E-state index contributed by atoms with van der Waals surface area (Å²) in [5.41, 5.74) is 7.63. The summed E-state index contributed by atoms with van der Waals surface area (Å²) in [5.74, 6) is 3.30. The molecule has 1 aliphatic rings. The van der Waals surface area contributed by atoms with Gasteiger partial charge < -0.3 is 11.1 Å². The summed E-state index contributed by atoms with van der Waals surface area (Å²) in [7, 11) is 0. The van der Waals surface area contributed by atoms with E-state index in [1.807, 2.05) is 30.8 Å². The molecule has 2 rings (SSSR count). The number of aryl methyl sites for hydroxylation is 1. The van der Waals surface area contributed by atoms with Crippen molar-refractivity contribution in [2.24, 2.45) is 0 Å². The Bertz CT molecular complexity index is 335. The number of anilines is 2. The molecule has 0 radical (unpaired) electrons. The van der Waals surface area contributed by atoms with Crippen molar-refractivity contribution < 1.29 is 0 Å². The van der Waals surface area contributed by atoms with Crippen molar-refractivity contribution >= 4 is 23.3 Å². The van der Waals surface area contributed by atoms with Crippen molar-refractivity contribution in [2.45, 2.75) is 25.8 Å². The molecule has 0 aliphatic carbocycles. The van der Waals surface area contributed by atoms with Gasteiger partial charge in [-0.25, -0.2) is 4.98 Å². The molecule has 1 atom stereocenters. The van der Waals surface area contributed by atoms with E-state index in [1.165, 1.54) is 18.6 Å². The second kappa shape index (κ2) is 4.75. The molecule has 1 saturated heterocycles. The van der Waals surface area contributed by atoms with E-state index in [-0.39, 0.29) is 0 Å². The van der Waals surface area contributed by atoms with Crippen molar-refractivity contribution in [3.8, 4) is 0 Å². The van der Waals surface area contributed by atoms with Gasteiger partial charge in [-0.2, -0.15) is 11.8 Å². The van der Waals surface area contributed by atoms with E-state index in [0.29, 0.717) is 6.04 Å². The zero-order chi connectivity index (χ0) is 10.7. The molecule has 15 heavy (non-hydrogen) atoms. The topological polar surface area (TPSA) is 50.9 Å². The first kappa shape index (κ1) is 10.6. The first-order chi connectivity index (χ1) is 7.25. The van der Waals surface area contributed by atoms with Crippen molar-refractivity contribution in [1.29, 1.82) is 0 Å². The lowest BCUT2D eigenvalue weighted by atomic mass is 10.2. The quantitative estimate of drug-likeness (QED) is 0.807. The van der Waals surface area contributed by atoms with Gasteiger partial charge in [0, 0.05) is 17.5 Å². The van der Waals surface area contributed by atoms with Crippen LogP contribution < -0.4 is 11.1 Å². The van der Waals surface area contributed by atoms with E-state index < -0.39 is 0 Å². The molecular weight excluding hydrogens is 206 g/mol. The maximum atomic E-state index is 5.87. The molecule has 2 heterocycles. The van der Waals surface area contributed by atoms with Gasteiger partial charge in [-0.1, -0.05) is 0 Å². The Labute approximate surface area is 94.8 Å². The first-order valence-electron chi connectivity index (χ1n) is 5.33. The van der Waals surface area contributed by atoms with E-state index in [2.05, 4.69) is 10.3 Å². The number of rotatable bonds is 2. The largest absolute Gasteiger partial charge is 0.396 e. The molecule has 1 aromatic heterocycles. The van der Waals surface area contributed by atoms with Crippen molar-refractivity contribution in [3.63, 3.8) is 0 Å². The summed E-state index contributed by atoms with van der Waals surface area (Å²) in [4.78, 5) is 4.42. The van der Waals surface area contributed by atoms with E-state index in [4.69, 9.17) is 5.73 Å². The molecule has 1 aromatic rings.